The van der Waals surface area contributed by atoms with Gasteiger partial charge in [-0.25, -0.2) is 8.78 Å². The van der Waals surface area contributed by atoms with Gasteiger partial charge in [-0.3, -0.25) is 9.59 Å². The summed E-state index contributed by atoms with van der Waals surface area (Å²) in [6, 6.07) is 11.9. The lowest BCUT2D eigenvalue weighted by Crippen LogP contribution is -2.27. The number of carbonyl (C=O) groups is 2. The highest BCUT2D eigenvalue weighted by molar-refractivity contribution is 5.94. The van der Waals surface area contributed by atoms with Gasteiger partial charge >= 0.3 is 5.97 Å². The van der Waals surface area contributed by atoms with Crippen molar-refractivity contribution in [3.63, 3.8) is 0 Å². The van der Waals surface area contributed by atoms with Crippen molar-refractivity contribution in [2.75, 3.05) is 19.8 Å². The molecule has 0 bridgehead atoms. The average molecular weight is 363 g/mol. The zero-order valence-electron chi connectivity index (χ0n) is 14.0. The van der Waals surface area contributed by atoms with E-state index in [1.54, 1.807) is 0 Å². The molecule has 1 amide bonds. The summed E-state index contributed by atoms with van der Waals surface area (Å²) in [5.41, 5.74) is -0.280. The molecule has 138 valence electrons. The number of amides is 1. The van der Waals surface area contributed by atoms with E-state index in [0.717, 1.165) is 17.9 Å². The molecule has 0 spiro atoms. The van der Waals surface area contributed by atoms with Crippen LogP contribution in [0.5, 0.6) is 5.75 Å². The summed E-state index contributed by atoms with van der Waals surface area (Å²) in [5, 5.41) is 2.39. The first-order valence-corrected chi connectivity index (χ1v) is 8.13. The number of hydrogen-bond acceptors (Lipinski definition) is 4. The molecule has 0 aliphatic rings. The average Bonchev–Trinajstić information content (AvgIpc) is 2.62. The van der Waals surface area contributed by atoms with E-state index in [0.29, 0.717) is 19.1 Å². The Morgan fingerprint density at radius 1 is 1.00 bits per heavy atom. The van der Waals surface area contributed by atoms with Gasteiger partial charge in [-0.2, -0.15) is 0 Å². The van der Waals surface area contributed by atoms with E-state index < -0.39 is 23.5 Å². The minimum absolute atomic E-state index is 0.00496. The largest absolute Gasteiger partial charge is 0.493 e. The number of esters is 1. The fourth-order valence-corrected chi connectivity index (χ4v) is 2.07. The number of ether oxygens (including phenoxy) is 2. The Balaban J connectivity index is 1.58. The van der Waals surface area contributed by atoms with E-state index in [1.165, 1.54) is 0 Å². The molecule has 0 aliphatic heterocycles. The third-order valence-electron chi connectivity index (χ3n) is 3.35. The lowest BCUT2D eigenvalue weighted by atomic mass is 10.2. The topological polar surface area (TPSA) is 64.6 Å². The predicted octanol–water partition coefficient (Wildman–Crippen LogP) is 3.10. The van der Waals surface area contributed by atoms with E-state index in [2.05, 4.69) is 5.32 Å². The van der Waals surface area contributed by atoms with Gasteiger partial charge < -0.3 is 14.8 Å². The summed E-state index contributed by atoms with van der Waals surface area (Å²) in [6.07, 6.45) is 0.488. The second-order valence-electron chi connectivity index (χ2n) is 5.37. The molecule has 2 aromatic rings. The molecule has 7 heteroatoms. The Kier molecular flexibility index (Phi) is 7.54. The van der Waals surface area contributed by atoms with Gasteiger partial charge in [-0.1, -0.05) is 18.2 Å². The van der Waals surface area contributed by atoms with E-state index >= 15 is 0 Å². The molecule has 5 nitrogen and oxygen atoms in total. The van der Waals surface area contributed by atoms with Gasteiger partial charge in [0.1, 0.15) is 17.4 Å². The van der Waals surface area contributed by atoms with Crippen molar-refractivity contribution in [2.24, 2.45) is 0 Å². The quantitative estimate of drug-likeness (QED) is 0.549. The van der Waals surface area contributed by atoms with Gasteiger partial charge in [0.15, 0.2) is 0 Å². The maximum Gasteiger partial charge on any atom is 0.307 e. The number of rotatable bonds is 9. The normalized spacial score (nSPS) is 10.2. The number of carbonyl (C=O) groups excluding carboxylic acids is 2. The number of para-hydroxylation sites is 1. The first-order chi connectivity index (χ1) is 12.6. The van der Waals surface area contributed by atoms with Crippen molar-refractivity contribution in [3.05, 3.63) is 65.7 Å². The summed E-state index contributed by atoms with van der Waals surface area (Å²) in [4.78, 5) is 23.3. The van der Waals surface area contributed by atoms with Crippen molar-refractivity contribution in [1.82, 2.24) is 5.32 Å². The van der Waals surface area contributed by atoms with E-state index in [4.69, 9.17) is 9.47 Å². The Morgan fingerprint density at radius 2 is 1.77 bits per heavy atom. The molecule has 1 N–H and O–H groups in total. The maximum atomic E-state index is 13.4. The van der Waals surface area contributed by atoms with Crippen LogP contribution in [-0.4, -0.2) is 31.6 Å². The highest BCUT2D eigenvalue weighted by atomic mass is 19.1. The lowest BCUT2D eigenvalue weighted by molar-refractivity contribution is -0.143. The lowest BCUT2D eigenvalue weighted by Gasteiger charge is -2.08. The smallest absolute Gasteiger partial charge is 0.307 e. The van der Waals surface area contributed by atoms with Crippen LogP contribution in [-0.2, 0) is 9.53 Å². The molecule has 0 atom stereocenters. The van der Waals surface area contributed by atoms with Crippen molar-refractivity contribution in [3.8, 4) is 5.75 Å². The fraction of sp³-hybridized carbons (Fsp3) is 0.263. The zero-order chi connectivity index (χ0) is 18.8. The highest BCUT2D eigenvalue weighted by Gasteiger charge is 2.12. The Morgan fingerprint density at radius 3 is 2.50 bits per heavy atom. The van der Waals surface area contributed by atoms with Crippen LogP contribution >= 0.6 is 0 Å². The first kappa shape index (κ1) is 19.4. The van der Waals surface area contributed by atoms with Crippen LogP contribution in [0.25, 0.3) is 0 Å². The molecule has 0 aliphatic carbocycles. The second-order valence-corrected chi connectivity index (χ2v) is 5.37. The molecule has 26 heavy (non-hydrogen) atoms. The number of hydrogen-bond donors (Lipinski definition) is 1. The molecule has 0 saturated carbocycles. The number of nitrogens with one attached hydrogen (secondary N) is 1. The molecular weight excluding hydrogens is 344 g/mol. The molecule has 0 saturated heterocycles. The minimum atomic E-state index is -0.955. The van der Waals surface area contributed by atoms with E-state index in [9.17, 15) is 18.4 Å². The monoisotopic (exact) mass is 363 g/mol. The zero-order valence-corrected chi connectivity index (χ0v) is 14.0. The second kappa shape index (κ2) is 10.1. The van der Waals surface area contributed by atoms with Crippen molar-refractivity contribution in [1.29, 1.82) is 0 Å². The summed E-state index contributed by atoms with van der Waals surface area (Å²) in [6.45, 7) is 0.610. The summed E-state index contributed by atoms with van der Waals surface area (Å²) >= 11 is 0. The van der Waals surface area contributed by atoms with Gasteiger partial charge in [0, 0.05) is 19.0 Å². The summed E-state index contributed by atoms with van der Waals surface area (Å²) < 4.78 is 36.7. The van der Waals surface area contributed by atoms with E-state index in [1.807, 2.05) is 30.3 Å². The molecule has 0 unspecified atom stereocenters. The van der Waals surface area contributed by atoms with Gasteiger partial charge in [0.05, 0.1) is 25.2 Å². The molecule has 0 heterocycles. The molecule has 0 aromatic heterocycles. The molecular formula is C19H19F2NO4. The van der Waals surface area contributed by atoms with Crippen LogP contribution in [0.1, 0.15) is 23.2 Å². The molecule has 0 fully saturated rings. The molecule has 2 aromatic carbocycles. The standard InChI is InChI=1S/C19H19F2NO4/c20-14-7-8-16(17(21)13-14)19(24)22-10-9-18(23)26-12-4-11-25-15-5-2-1-3-6-15/h1-3,5-8,13H,4,9-12H2,(H,22,24). The van der Waals surface area contributed by atoms with Crippen molar-refractivity contribution < 1.29 is 27.8 Å². The van der Waals surface area contributed by atoms with Gasteiger partial charge in [-0.15, -0.1) is 0 Å². The number of benzene rings is 2. The van der Waals surface area contributed by atoms with Crippen LogP contribution in [0.3, 0.4) is 0 Å². The fourth-order valence-electron chi connectivity index (χ4n) is 2.07. The maximum absolute atomic E-state index is 13.4. The third kappa shape index (κ3) is 6.51. The Hall–Kier alpha value is -2.96. The Labute approximate surface area is 149 Å². The summed E-state index contributed by atoms with van der Waals surface area (Å²) in [7, 11) is 0. The van der Waals surface area contributed by atoms with Crippen molar-refractivity contribution in [2.45, 2.75) is 12.8 Å². The van der Waals surface area contributed by atoms with Gasteiger partial charge in [-0.05, 0) is 24.3 Å². The molecule has 2 rings (SSSR count). The first-order valence-electron chi connectivity index (χ1n) is 8.13. The van der Waals surface area contributed by atoms with Crippen LogP contribution < -0.4 is 10.1 Å². The SMILES string of the molecule is O=C(CCNC(=O)c1ccc(F)cc1F)OCCCOc1ccccc1. The number of halogens is 2. The van der Waals surface area contributed by atoms with Gasteiger partial charge in [0.25, 0.3) is 5.91 Å². The van der Waals surface area contributed by atoms with Crippen LogP contribution in [0.4, 0.5) is 8.78 Å². The predicted molar refractivity (Wildman–Crippen MR) is 90.8 cm³/mol. The minimum Gasteiger partial charge on any atom is -0.493 e. The molecule has 0 radical (unpaired) electrons. The van der Waals surface area contributed by atoms with Crippen LogP contribution in [0.15, 0.2) is 48.5 Å². The summed E-state index contributed by atoms with van der Waals surface area (Å²) in [5.74, 6) is -2.17. The highest BCUT2D eigenvalue weighted by Crippen LogP contribution is 2.09. The van der Waals surface area contributed by atoms with Crippen LogP contribution in [0, 0.1) is 11.6 Å². The van der Waals surface area contributed by atoms with Crippen LogP contribution in [0.2, 0.25) is 0 Å². The third-order valence-corrected chi connectivity index (χ3v) is 3.35. The van der Waals surface area contributed by atoms with Crippen molar-refractivity contribution >= 4 is 11.9 Å². The van der Waals surface area contributed by atoms with E-state index in [-0.39, 0.29) is 25.1 Å². The Bertz CT molecular complexity index is 738. The van der Waals surface area contributed by atoms with Gasteiger partial charge in [0.2, 0.25) is 0 Å².